The van der Waals surface area contributed by atoms with Gasteiger partial charge in [-0.15, -0.1) is 0 Å². The second-order valence-electron chi connectivity index (χ2n) is 6.78. The quantitative estimate of drug-likeness (QED) is 0.498. The predicted molar refractivity (Wildman–Crippen MR) is 121 cm³/mol. The highest BCUT2D eigenvalue weighted by molar-refractivity contribution is 5.88. The summed E-state index contributed by atoms with van der Waals surface area (Å²) in [6.45, 7) is 2.46. The van der Waals surface area contributed by atoms with Crippen LogP contribution < -0.4 is 10.3 Å². The number of aromatic carboxylic acids is 1. The van der Waals surface area contributed by atoms with Crippen molar-refractivity contribution in [3.05, 3.63) is 100 Å². The minimum Gasteiger partial charge on any atom is -0.493 e. The summed E-state index contributed by atoms with van der Waals surface area (Å²) < 4.78 is 7.15. The normalized spacial score (nSPS) is 11.1. The lowest BCUT2D eigenvalue weighted by molar-refractivity contribution is 0.0697. The number of hydrogen-bond acceptors (Lipinski definition) is 4. The minimum atomic E-state index is -1.02. The summed E-state index contributed by atoms with van der Waals surface area (Å²) in [6, 6.07) is 20.9. The lowest BCUT2D eigenvalue weighted by Gasteiger charge is -2.12. The molecule has 0 aliphatic carbocycles. The molecule has 0 saturated carbocycles. The summed E-state index contributed by atoms with van der Waals surface area (Å²) in [5, 5.41) is 9.66. The minimum absolute atomic E-state index is 0.147. The molecule has 0 spiro atoms. The molecule has 31 heavy (non-hydrogen) atoms. The van der Waals surface area contributed by atoms with E-state index in [1.165, 1.54) is 16.7 Å². The maximum Gasteiger partial charge on any atom is 0.335 e. The highest BCUT2D eigenvalue weighted by atomic mass is 16.5. The van der Waals surface area contributed by atoms with E-state index in [2.05, 4.69) is 4.98 Å². The van der Waals surface area contributed by atoms with Gasteiger partial charge in [-0.1, -0.05) is 30.3 Å². The van der Waals surface area contributed by atoms with E-state index in [0.29, 0.717) is 29.0 Å². The van der Waals surface area contributed by atoms with Crippen LogP contribution in [0, 0.1) is 0 Å². The molecular formula is C25H20N2O4. The number of rotatable bonds is 6. The molecule has 0 atom stereocenters. The third kappa shape index (κ3) is 4.09. The molecule has 1 N–H and O–H groups in total. The van der Waals surface area contributed by atoms with Crippen molar-refractivity contribution >= 4 is 29.0 Å². The van der Waals surface area contributed by atoms with E-state index >= 15 is 0 Å². The molecule has 0 amide bonds. The molecule has 0 aliphatic heterocycles. The van der Waals surface area contributed by atoms with Crippen molar-refractivity contribution < 1.29 is 14.6 Å². The van der Waals surface area contributed by atoms with Gasteiger partial charge in [0.15, 0.2) is 0 Å². The van der Waals surface area contributed by atoms with Gasteiger partial charge >= 0.3 is 5.97 Å². The zero-order valence-corrected chi connectivity index (χ0v) is 16.9. The van der Waals surface area contributed by atoms with Crippen LogP contribution in [0.5, 0.6) is 5.75 Å². The average Bonchev–Trinajstić information content (AvgIpc) is 2.79. The Morgan fingerprint density at radius 2 is 1.71 bits per heavy atom. The van der Waals surface area contributed by atoms with Crippen LogP contribution >= 0.6 is 0 Å². The molecule has 6 heteroatoms. The Bertz CT molecular complexity index is 1340. The summed E-state index contributed by atoms with van der Waals surface area (Å²) in [7, 11) is 0. The van der Waals surface area contributed by atoms with Crippen molar-refractivity contribution in [3.63, 3.8) is 0 Å². The number of carbonyl (C=O) groups is 1. The van der Waals surface area contributed by atoms with Crippen LogP contribution in [0.25, 0.3) is 28.7 Å². The molecule has 4 aromatic rings. The fourth-order valence-electron chi connectivity index (χ4n) is 3.33. The highest BCUT2D eigenvalue weighted by Crippen LogP contribution is 2.21. The van der Waals surface area contributed by atoms with E-state index in [1.54, 1.807) is 36.4 Å². The van der Waals surface area contributed by atoms with Crippen LogP contribution in [0.15, 0.2) is 77.6 Å². The summed E-state index contributed by atoms with van der Waals surface area (Å²) in [5.41, 5.74) is 1.90. The maximum absolute atomic E-state index is 13.3. The molecule has 4 rings (SSSR count). The first kappa shape index (κ1) is 20.1. The average molecular weight is 412 g/mol. The van der Waals surface area contributed by atoms with Gasteiger partial charge in [-0.05, 0) is 61.5 Å². The SMILES string of the molecule is CCOc1ccccc1C=Cc1nc2ccccc2c(=O)n1-c1ccc(C(=O)O)cc1. The third-order valence-corrected chi connectivity index (χ3v) is 4.80. The van der Waals surface area contributed by atoms with Gasteiger partial charge in [0.1, 0.15) is 11.6 Å². The molecule has 0 bridgehead atoms. The standard InChI is InChI=1S/C25H20N2O4/c1-2-31-22-10-6-3-7-17(22)13-16-23-26-21-9-5-4-8-20(21)24(28)27(23)19-14-11-18(12-15-19)25(29)30/h3-16H,2H2,1H3,(H,29,30). The second-order valence-corrected chi connectivity index (χ2v) is 6.78. The monoisotopic (exact) mass is 412 g/mol. The molecule has 0 aliphatic rings. The van der Waals surface area contributed by atoms with E-state index < -0.39 is 5.97 Å². The maximum atomic E-state index is 13.3. The van der Waals surface area contributed by atoms with Crippen molar-refractivity contribution in [2.75, 3.05) is 6.61 Å². The Labute approximate surface area is 178 Å². The lowest BCUT2D eigenvalue weighted by atomic mass is 10.1. The number of ether oxygens (including phenoxy) is 1. The van der Waals surface area contributed by atoms with Gasteiger partial charge in [0.25, 0.3) is 5.56 Å². The topological polar surface area (TPSA) is 81.4 Å². The number of aromatic nitrogens is 2. The van der Waals surface area contributed by atoms with Crippen LogP contribution in [-0.2, 0) is 0 Å². The molecule has 0 saturated heterocycles. The van der Waals surface area contributed by atoms with Gasteiger partial charge in [0.05, 0.1) is 28.8 Å². The van der Waals surface area contributed by atoms with Crippen LogP contribution in [0.2, 0.25) is 0 Å². The van der Waals surface area contributed by atoms with Gasteiger partial charge in [0.2, 0.25) is 0 Å². The van der Waals surface area contributed by atoms with E-state index in [1.807, 2.05) is 43.3 Å². The largest absolute Gasteiger partial charge is 0.493 e. The molecule has 6 nitrogen and oxygen atoms in total. The van der Waals surface area contributed by atoms with E-state index in [9.17, 15) is 14.7 Å². The van der Waals surface area contributed by atoms with E-state index in [-0.39, 0.29) is 11.1 Å². The molecule has 3 aromatic carbocycles. The summed E-state index contributed by atoms with van der Waals surface area (Å²) >= 11 is 0. The van der Waals surface area contributed by atoms with Gasteiger partial charge in [-0.25, -0.2) is 9.78 Å². The number of nitrogens with zero attached hydrogens (tertiary/aromatic N) is 2. The molecule has 154 valence electrons. The lowest BCUT2D eigenvalue weighted by Crippen LogP contribution is -2.22. The number of carboxylic acids is 1. The number of carboxylic acid groups (broad SMARTS) is 1. The number of para-hydroxylation sites is 2. The first-order chi connectivity index (χ1) is 15.1. The Morgan fingerprint density at radius 1 is 1.00 bits per heavy atom. The Morgan fingerprint density at radius 3 is 2.45 bits per heavy atom. The number of hydrogen-bond donors (Lipinski definition) is 1. The molecule has 1 heterocycles. The van der Waals surface area contributed by atoms with Crippen molar-refractivity contribution in [2.45, 2.75) is 6.92 Å². The van der Waals surface area contributed by atoms with Crippen LogP contribution in [0.4, 0.5) is 0 Å². The Hall–Kier alpha value is -4.19. The fraction of sp³-hybridized carbons (Fsp3) is 0.0800. The smallest absolute Gasteiger partial charge is 0.335 e. The Kier molecular flexibility index (Phi) is 5.62. The highest BCUT2D eigenvalue weighted by Gasteiger charge is 2.12. The van der Waals surface area contributed by atoms with Crippen LogP contribution in [-0.4, -0.2) is 27.2 Å². The fourth-order valence-corrected chi connectivity index (χ4v) is 3.33. The summed E-state index contributed by atoms with van der Waals surface area (Å²) in [4.78, 5) is 29.2. The van der Waals surface area contributed by atoms with Gasteiger partial charge in [-0.2, -0.15) is 0 Å². The zero-order valence-electron chi connectivity index (χ0n) is 16.9. The van der Waals surface area contributed by atoms with E-state index in [4.69, 9.17) is 4.74 Å². The van der Waals surface area contributed by atoms with Crippen molar-refractivity contribution in [1.29, 1.82) is 0 Å². The molecule has 0 unspecified atom stereocenters. The molecule has 0 radical (unpaired) electrons. The Balaban J connectivity index is 1.89. The first-order valence-corrected chi connectivity index (χ1v) is 9.84. The molecular weight excluding hydrogens is 392 g/mol. The summed E-state index contributed by atoms with van der Waals surface area (Å²) in [6.07, 6.45) is 3.61. The second kappa shape index (κ2) is 8.67. The number of benzene rings is 3. The van der Waals surface area contributed by atoms with Crippen LogP contribution in [0.3, 0.4) is 0 Å². The van der Waals surface area contributed by atoms with Gasteiger partial charge in [0, 0.05) is 5.56 Å². The predicted octanol–water partition coefficient (Wildman–Crippen LogP) is 4.65. The van der Waals surface area contributed by atoms with Crippen molar-refractivity contribution in [1.82, 2.24) is 9.55 Å². The van der Waals surface area contributed by atoms with Gasteiger partial charge in [-0.3, -0.25) is 9.36 Å². The van der Waals surface area contributed by atoms with Crippen LogP contribution in [0.1, 0.15) is 28.7 Å². The zero-order chi connectivity index (χ0) is 21.8. The first-order valence-electron chi connectivity index (χ1n) is 9.84. The number of fused-ring (bicyclic) bond motifs is 1. The van der Waals surface area contributed by atoms with E-state index in [0.717, 1.165) is 11.3 Å². The molecule has 0 fully saturated rings. The molecule has 1 aromatic heterocycles. The summed E-state index contributed by atoms with van der Waals surface area (Å²) in [5.74, 6) is 0.142. The van der Waals surface area contributed by atoms with Gasteiger partial charge < -0.3 is 9.84 Å². The third-order valence-electron chi connectivity index (χ3n) is 4.80. The van der Waals surface area contributed by atoms with Crippen molar-refractivity contribution in [3.8, 4) is 11.4 Å². The van der Waals surface area contributed by atoms with Crippen molar-refractivity contribution in [2.24, 2.45) is 0 Å².